The number of aryl methyl sites for hydroxylation is 2. The van der Waals surface area contributed by atoms with Crippen molar-refractivity contribution >= 4 is 55.0 Å². The van der Waals surface area contributed by atoms with E-state index in [1.807, 2.05) is 13.8 Å². The van der Waals surface area contributed by atoms with Gasteiger partial charge in [-0.05, 0) is 13.8 Å². The van der Waals surface area contributed by atoms with Crippen molar-refractivity contribution in [2.45, 2.75) is 13.8 Å². The van der Waals surface area contributed by atoms with Gasteiger partial charge in [0.2, 0.25) is 0 Å². The summed E-state index contributed by atoms with van der Waals surface area (Å²) in [5.74, 6) is -1.24. The number of ether oxygens (including phenoxy) is 2. The number of nitrogens with zero attached hydrogens (tertiary/aromatic N) is 2. The Kier molecular flexibility index (Phi) is 3.57. The number of fused-ring (bicyclic) bond motifs is 3. The molecule has 2 aromatic heterocycles. The molecule has 0 radical (unpaired) electrons. The molecule has 0 aliphatic carbocycles. The molecule has 0 aliphatic heterocycles. The van der Waals surface area contributed by atoms with Gasteiger partial charge in [-0.2, -0.15) is 0 Å². The van der Waals surface area contributed by atoms with Gasteiger partial charge in [-0.3, -0.25) is 0 Å². The summed E-state index contributed by atoms with van der Waals surface area (Å²) in [5, 5.41) is 1.60. The van der Waals surface area contributed by atoms with E-state index in [1.54, 1.807) is 0 Å². The van der Waals surface area contributed by atoms with Gasteiger partial charge >= 0.3 is 11.9 Å². The topological polar surface area (TPSA) is 78.4 Å². The van der Waals surface area contributed by atoms with Gasteiger partial charge in [0.05, 0.1) is 44.7 Å². The largest absolute Gasteiger partial charge is 0.465 e. The van der Waals surface area contributed by atoms with E-state index in [4.69, 9.17) is 9.47 Å². The van der Waals surface area contributed by atoms with Crippen LogP contribution < -0.4 is 0 Å². The maximum atomic E-state index is 12.2. The maximum Gasteiger partial charge on any atom is 0.341 e. The highest BCUT2D eigenvalue weighted by molar-refractivity contribution is 7.26. The van der Waals surface area contributed by atoms with Crippen molar-refractivity contribution in [1.82, 2.24) is 9.97 Å². The average molecular weight is 336 g/mol. The zero-order valence-electron chi connectivity index (χ0n) is 12.3. The summed E-state index contributed by atoms with van der Waals surface area (Å²) in [5.41, 5.74) is 1.16. The summed E-state index contributed by atoms with van der Waals surface area (Å²) in [4.78, 5) is 33.3. The van der Waals surface area contributed by atoms with Gasteiger partial charge in [0.25, 0.3) is 0 Å². The van der Waals surface area contributed by atoms with E-state index < -0.39 is 11.9 Å². The van der Waals surface area contributed by atoms with Crippen LogP contribution in [0, 0.1) is 13.8 Å². The van der Waals surface area contributed by atoms with E-state index in [0.717, 1.165) is 19.4 Å². The van der Waals surface area contributed by atoms with E-state index in [1.165, 1.54) is 36.9 Å². The first-order chi connectivity index (χ1) is 10.5. The lowest BCUT2D eigenvalue weighted by molar-refractivity contribution is 0.0558. The van der Waals surface area contributed by atoms with Crippen molar-refractivity contribution in [3.63, 3.8) is 0 Å². The van der Waals surface area contributed by atoms with Gasteiger partial charge in [-0.1, -0.05) is 0 Å². The molecular weight excluding hydrogens is 324 g/mol. The van der Waals surface area contributed by atoms with Crippen molar-refractivity contribution in [2.24, 2.45) is 0 Å². The summed E-state index contributed by atoms with van der Waals surface area (Å²) in [7, 11) is 2.54. The van der Waals surface area contributed by atoms with Crippen molar-refractivity contribution in [3.05, 3.63) is 21.1 Å². The fourth-order valence-corrected chi connectivity index (χ4v) is 4.32. The molecule has 0 fully saturated rings. The lowest BCUT2D eigenvalue weighted by atomic mass is 10.0. The lowest BCUT2D eigenvalue weighted by Crippen LogP contribution is -2.13. The van der Waals surface area contributed by atoms with Crippen molar-refractivity contribution in [3.8, 4) is 0 Å². The summed E-state index contributed by atoms with van der Waals surface area (Å²) >= 11 is 2.93. The maximum absolute atomic E-state index is 12.2. The van der Waals surface area contributed by atoms with Gasteiger partial charge in [-0.15, -0.1) is 22.7 Å². The van der Waals surface area contributed by atoms with Gasteiger partial charge in [0, 0.05) is 0 Å². The highest BCUT2D eigenvalue weighted by Crippen LogP contribution is 2.39. The lowest BCUT2D eigenvalue weighted by Gasteiger charge is -2.08. The second kappa shape index (κ2) is 5.29. The molecule has 22 heavy (non-hydrogen) atoms. The van der Waals surface area contributed by atoms with Crippen molar-refractivity contribution in [2.75, 3.05) is 14.2 Å². The van der Waals surface area contributed by atoms with Crippen LogP contribution in [0.15, 0.2) is 0 Å². The molecule has 0 bridgehead atoms. The fourth-order valence-electron chi connectivity index (χ4n) is 2.34. The van der Waals surface area contributed by atoms with E-state index in [9.17, 15) is 9.59 Å². The summed E-state index contributed by atoms with van der Waals surface area (Å²) in [6.07, 6.45) is 0. The van der Waals surface area contributed by atoms with E-state index in [0.29, 0.717) is 11.0 Å². The van der Waals surface area contributed by atoms with Gasteiger partial charge < -0.3 is 9.47 Å². The minimum absolute atomic E-state index is 0.117. The molecule has 0 amide bonds. The first kappa shape index (κ1) is 14.9. The van der Waals surface area contributed by atoms with Crippen LogP contribution in [0.3, 0.4) is 0 Å². The molecule has 2 heterocycles. The Labute approximate surface area is 133 Å². The number of carbonyl (C=O) groups excluding carboxylic acids is 2. The number of hydrogen-bond acceptors (Lipinski definition) is 8. The van der Waals surface area contributed by atoms with Gasteiger partial charge in [0.15, 0.2) is 0 Å². The van der Waals surface area contributed by atoms with Crippen LogP contribution in [0.25, 0.3) is 20.4 Å². The minimum atomic E-state index is -0.622. The number of esters is 2. The molecule has 0 atom stereocenters. The summed E-state index contributed by atoms with van der Waals surface area (Å²) in [6.45, 7) is 3.70. The predicted molar refractivity (Wildman–Crippen MR) is 85.0 cm³/mol. The third kappa shape index (κ3) is 2.06. The van der Waals surface area contributed by atoms with E-state index in [-0.39, 0.29) is 11.1 Å². The second-order valence-electron chi connectivity index (χ2n) is 4.55. The van der Waals surface area contributed by atoms with Crippen molar-refractivity contribution in [1.29, 1.82) is 0 Å². The Morgan fingerprint density at radius 1 is 0.818 bits per heavy atom. The number of aromatic nitrogens is 2. The van der Waals surface area contributed by atoms with E-state index >= 15 is 0 Å². The van der Waals surface area contributed by atoms with Crippen LogP contribution >= 0.6 is 22.7 Å². The number of benzene rings is 1. The second-order valence-corrected chi connectivity index (χ2v) is 6.96. The van der Waals surface area contributed by atoms with Crippen LogP contribution in [0.1, 0.15) is 30.7 Å². The third-order valence-corrected chi connectivity index (χ3v) is 5.28. The molecule has 1 aromatic carbocycles. The smallest absolute Gasteiger partial charge is 0.341 e. The number of rotatable bonds is 2. The third-order valence-electron chi connectivity index (χ3n) is 3.18. The zero-order chi connectivity index (χ0) is 16.0. The SMILES string of the molecule is COC(=O)c1c(C(=O)OC)c2nc(C)sc2c2sc(C)nc12. The molecule has 3 rings (SSSR count). The Morgan fingerprint density at radius 2 is 1.18 bits per heavy atom. The molecule has 0 unspecified atom stereocenters. The molecule has 0 saturated heterocycles. The van der Waals surface area contributed by atoms with Crippen molar-refractivity contribution < 1.29 is 19.1 Å². The molecular formula is C14H12N2O4S2. The quantitative estimate of drug-likeness (QED) is 0.669. The number of methoxy groups -OCH3 is 2. The number of hydrogen-bond donors (Lipinski definition) is 0. The molecule has 6 nitrogen and oxygen atoms in total. The van der Waals surface area contributed by atoms with Crippen LogP contribution in [0.2, 0.25) is 0 Å². The minimum Gasteiger partial charge on any atom is -0.465 e. The molecule has 0 aliphatic rings. The number of carbonyl (C=O) groups is 2. The molecule has 0 spiro atoms. The fraction of sp³-hybridized carbons (Fsp3) is 0.286. The Hall–Kier alpha value is -2.06. The highest BCUT2D eigenvalue weighted by Gasteiger charge is 2.29. The number of thiazole rings is 2. The normalized spacial score (nSPS) is 11.1. The molecule has 114 valence electrons. The highest BCUT2D eigenvalue weighted by atomic mass is 32.1. The average Bonchev–Trinajstić information content (AvgIpc) is 3.05. The molecule has 0 saturated carbocycles. The Balaban J connectivity index is 2.59. The van der Waals surface area contributed by atoms with Gasteiger partial charge in [0.1, 0.15) is 11.1 Å². The van der Waals surface area contributed by atoms with Crippen LogP contribution in [0.4, 0.5) is 0 Å². The monoisotopic (exact) mass is 336 g/mol. The standard InChI is InChI=1S/C14H12N2O4S2/c1-5-15-9-7(13(17)19-3)8(14(18)20-4)10-12(11(9)21-5)22-6(2)16-10/h1-4H3. The van der Waals surface area contributed by atoms with Crippen LogP contribution in [0.5, 0.6) is 0 Å². The zero-order valence-corrected chi connectivity index (χ0v) is 14.0. The summed E-state index contributed by atoms with van der Waals surface area (Å²) in [6, 6.07) is 0. The first-order valence-corrected chi connectivity index (χ1v) is 7.98. The Bertz CT molecular complexity index is 851. The molecule has 8 heteroatoms. The van der Waals surface area contributed by atoms with Crippen LogP contribution in [-0.2, 0) is 9.47 Å². The Morgan fingerprint density at radius 3 is 1.50 bits per heavy atom. The van der Waals surface area contributed by atoms with E-state index in [2.05, 4.69) is 9.97 Å². The first-order valence-electron chi connectivity index (χ1n) is 6.34. The van der Waals surface area contributed by atoms with Gasteiger partial charge in [-0.25, -0.2) is 19.6 Å². The molecule has 3 aromatic rings. The molecule has 0 N–H and O–H groups in total. The van der Waals surface area contributed by atoms with Crippen LogP contribution in [-0.4, -0.2) is 36.1 Å². The summed E-state index contributed by atoms with van der Waals surface area (Å²) < 4.78 is 11.4. The predicted octanol–water partition coefficient (Wildman–Crippen LogP) is 3.10.